The fourth-order valence-electron chi connectivity index (χ4n) is 4.95. The zero-order valence-corrected chi connectivity index (χ0v) is 16.8. The van der Waals surface area contributed by atoms with Crippen LogP contribution in [0.25, 0.3) is 6.08 Å². The molecule has 1 aliphatic carbocycles. The van der Waals surface area contributed by atoms with Gasteiger partial charge in [0.2, 0.25) is 0 Å². The molecule has 5 heteroatoms. The van der Waals surface area contributed by atoms with Gasteiger partial charge in [-0.15, -0.1) is 0 Å². The fourth-order valence-corrected chi connectivity index (χ4v) is 5.13. The highest BCUT2D eigenvalue weighted by atomic mass is 35.5. The summed E-state index contributed by atoms with van der Waals surface area (Å²) in [5.74, 6) is 0.920. The van der Waals surface area contributed by atoms with Gasteiger partial charge in [0, 0.05) is 55.5 Å². The second kappa shape index (κ2) is 8.95. The van der Waals surface area contributed by atoms with Crippen LogP contribution in [0.5, 0.6) is 5.75 Å². The van der Waals surface area contributed by atoms with E-state index in [9.17, 15) is 5.11 Å². The number of aliphatic hydroxyl groups is 1. The standard InChI is InChI=1S/C22H31ClN2O2/c23-19-6-7-22-18(13-19)12-17(16-27-22)14-24-9-10-25(21(15-24)8-11-26)20-4-2-1-3-5-20/h6-7,12-13,20-21,26H,1-5,8-11,14-16H2/t21-/m0/s1. The van der Waals surface area contributed by atoms with Gasteiger partial charge in [0.05, 0.1) is 0 Å². The maximum absolute atomic E-state index is 9.59. The zero-order chi connectivity index (χ0) is 18.6. The molecule has 3 aliphatic rings. The first-order chi connectivity index (χ1) is 13.2. The first-order valence-corrected chi connectivity index (χ1v) is 10.8. The molecule has 1 aromatic carbocycles. The van der Waals surface area contributed by atoms with Gasteiger partial charge in [0.15, 0.2) is 0 Å². The van der Waals surface area contributed by atoms with Crippen molar-refractivity contribution in [2.24, 2.45) is 0 Å². The van der Waals surface area contributed by atoms with Gasteiger partial charge in [0.25, 0.3) is 0 Å². The second-order valence-electron chi connectivity index (χ2n) is 8.20. The summed E-state index contributed by atoms with van der Waals surface area (Å²) in [4.78, 5) is 5.23. The number of halogens is 1. The summed E-state index contributed by atoms with van der Waals surface area (Å²) in [6, 6.07) is 7.00. The quantitative estimate of drug-likeness (QED) is 0.829. The van der Waals surface area contributed by atoms with Gasteiger partial charge < -0.3 is 9.84 Å². The Morgan fingerprint density at radius 3 is 2.81 bits per heavy atom. The van der Waals surface area contributed by atoms with Crippen molar-refractivity contribution >= 4 is 17.7 Å². The van der Waals surface area contributed by atoms with Crippen LogP contribution in [0.3, 0.4) is 0 Å². The lowest BCUT2D eigenvalue weighted by Gasteiger charge is -2.46. The molecule has 2 fully saturated rings. The predicted octanol–water partition coefficient (Wildman–Crippen LogP) is 3.82. The van der Waals surface area contributed by atoms with Crippen LogP contribution in [0.4, 0.5) is 0 Å². The van der Waals surface area contributed by atoms with E-state index in [0.717, 1.165) is 55.0 Å². The van der Waals surface area contributed by atoms with E-state index in [0.29, 0.717) is 12.6 Å². The van der Waals surface area contributed by atoms with E-state index >= 15 is 0 Å². The third-order valence-electron chi connectivity index (χ3n) is 6.29. The molecule has 1 N–H and O–H groups in total. The van der Waals surface area contributed by atoms with Crippen molar-refractivity contribution in [3.8, 4) is 5.75 Å². The molecule has 1 saturated carbocycles. The number of rotatable bonds is 5. The van der Waals surface area contributed by atoms with E-state index in [-0.39, 0.29) is 6.61 Å². The number of fused-ring (bicyclic) bond motifs is 1. The average Bonchev–Trinajstić information content (AvgIpc) is 2.69. The number of nitrogens with zero attached hydrogens (tertiary/aromatic N) is 2. The molecule has 1 aromatic rings. The zero-order valence-electron chi connectivity index (χ0n) is 16.1. The van der Waals surface area contributed by atoms with Gasteiger partial charge in [-0.3, -0.25) is 9.80 Å². The molecule has 0 spiro atoms. The van der Waals surface area contributed by atoms with E-state index in [4.69, 9.17) is 16.3 Å². The Hall–Kier alpha value is -1.07. The summed E-state index contributed by atoms with van der Waals surface area (Å²) in [7, 11) is 0. The molecule has 4 rings (SSSR count). The molecule has 2 aliphatic heterocycles. The minimum atomic E-state index is 0.277. The number of piperazine rings is 1. The van der Waals surface area contributed by atoms with Gasteiger partial charge in [-0.25, -0.2) is 0 Å². The maximum Gasteiger partial charge on any atom is 0.127 e. The number of aliphatic hydroxyl groups excluding tert-OH is 1. The Balaban J connectivity index is 1.40. The second-order valence-corrected chi connectivity index (χ2v) is 8.64. The Bertz CT molecular complexity index is 672. The SMILES string of the molecule is OCC[C@H]1CN(CC2=Cc3cc(Cl)ccc3OC2)CCN1C1CCCCC1. The highest BCUT2D eigenvalue weighted by Crippen LogP contribution is 2.30. The molecule has 0 aromatic heterocycles. The topological polar surface area (TPSA) is 35.9 Å². The van der Waals surface area contributed by atoms with Crippen LogP contribution < -0.4 is 4.74 Å². The Morgan fingerprint density at radius 2 is 2.00 bits per heavy atom. The normalized spacial score (nSPS) is 25.0. The van der Waals surface area contributed by atoms with Crippen molar-refractivity contribution in [3.63, 3.8) is 0 Å². The summed E-state index contributed by atoms with van der Waals surface area (Å²) >= 11 is 6.14. The smallest absolute Gasteiger partial charge is 0.127 e. The molecule has 0 radical (unpaired) electrons. The van der Waals surface area contributed by atoms with Gasteiger partial charge >= 0.3 is 0 Å². The minimum absolute atomic E-state index is 0.277. The molecule has 148 valence electrons. The van der Waals surface area contributed by atoms with E-state index in [1.165, 1.54) is 37.7 Å². The molecule has 1 saturated heterocycles. The van der Waals surface area contributed by atoms with Crippen molar-refractivity contribution in [3.05, 3.63) is 34.4 Å². The molecule has 2 heterocycles. The van der Waals surface area contributed by atoms with Crippen LogP contribution in [0.1, 0.15) is 44.1 Å². The van der Waals surface area contributed by atoms with Crippen LogP contribution in [0, 0.1) is 0 Å². The van der Waals surface area contributed by atoms with Gasteiger partial charge in [-0.05, 0) is 49.1 Å². The lowest BCUT2D eigenvalue weighted by atomic mass is 9.91. The Morgan fingerprint density at radius 1 is 1.15 bits per heavy atom. The summed E-state index contributed by atoms with van der Waals surface area (Å²) < 4.78 is 5.92. The van der Waals surface area contributed by atoms with Gasteiger partial charge in [0.1, 0.15) is 12.4 Å². The lowest BCUT2D eigenvalue weighted by molar-refractivity contribution is 0.0192. The highest BCUT2D eigenvalue weighted by molar-refractivity contribution is 6.30. The van der Waals surface area contributed by atoms with Crippen molar-refractivity contribution in [2.45, 2.75) is 50.6 Å². The van der Waals surface area contributed by atoms with Crippen LogP contribution in [-0.4, -0.2) is 66.4 Å². The first-order valence-electron chi connectivity index (χ1n) is 10.4. The van der Waals surface area contributed by atoms with Crippen molar-refractivity contribution in [1.82, 2.24) is 9.80 Å². The van der Waals surface area contributed by atoms with E-state index in [1.54, 1.807) is 0 Å². The summed E-state index contributed by atoms with van der Waals surface area (Å²) in [6.45, 7) is 5.12. The summed E-state index contributed by atoms with van der Waals surface area (Å²) in [6.07, 6.45) is 9.89. The Kier molecular flexibility index (Phi) is 6.39. The molecule has 27 heavy (non-hydrogen) atoms. The highest BCUT2D eigenvalue weighted by Gasteiger charge is 2.32. The van der Waals surface area contributed by atoms with Crippen LogP contribution in [-0.2, 0) is 0 Å². The number of hydrogen-bond donors (Lipinski definition) is 1. The summed E-state index contributed by atoms with van der Waals surface area (Å²) in [5.41, 5.74) is 2.38. The largest absolute Gasteiger partial charge is 0.489 e. The summed E-state index contributed by atoms with van der Waals surface area (Å²) in [5, 5.41) is 10.3. The molecule has 0 amide bonds. The van der Waals surface area contributed by atoms with Crippen molar-refractivity contribution in [2.75, 3.05) is 39.4 Å². The van der Waals surface area contributed by atoms with Gasteiger partial charge in [-0.1, -0.05) is 30.9 Å². The van der Waals surface area contributed by atoms with E-state index in [2.05, 4.69) is 15.9 Å². The monoisotopic (exact) mass is 390 g/mol. The molecular weight excluding hydrogens is 360 g/mol. The van der Waals surface area contributed by atoms with Gasteiger partial charge in [-0.2, -0.15) is 0 Å². The third kappa shape index (κ3) is 4.68. The fraction of sp³-hybridized carbons (Fsp3) is 0.636. The molecule has 4 nitrogen and oxygen atoms in total. The molecule has 0 unspecified atom stereocenters. The van der Waals surface area contributed by atoms with Crippen molar-refractivity contribution in [1.29, 1.82) is 0 Å². The Labute approximate surface area is 167 Å². The van der Waals surface area contributed by atoms with E-state index < -0.39 is 0 Å². The minimum Gasteiger partial charge on any atom is -0.489 e. The predicted molar refractivity (Wildman–Crippen MR) is 110 cm³/mol. The van der Waals surface area contributed by atoms with Crippen LogP contribution in [0.15, 0.2) is 23.8 Å². The maximum atomic E-state index is 9.59. The van der Waals surface area contributed by atoms with Crippen molar-refractivity contribution < 1.29 is 9.84 Å². The number of hydrogen-bond acceptors (Lipinski definition) is 4. The molecule has 1 atom stereocenters. The average molecular weight is 391 g/mol. The van der Waals surface area contributed by atoms with E-state index in [1.807, 2.05) is 18.2 Å². The number of ether oxygens (including phenoxy) is 1. The lowest BCUT2D eigenvalue weighted by Crippen LogP contribution is -2.57. The molecule has 0 bridgehead atoms. The van der Waals surface area contributed by atoms with Crippen LogP contribution >= 0.6 is 11.6 Å². The molecular formula is C22H31ClN2O2. The van der Waals surface area contributed by atoms with Crippen LogP contribution in [0.2, 0.25) is 5.02 Å². The first kappa shape index (κ1) is 19.3. The number of benzene rings is 1. The third-order valence-corrected chi connectivity index (χ3v) is 6.52.